The maximum atomic E-state index is 12.1. The highest BCUT2D eigenvalue weighted by atomic mass is 16.6. The van der Waals surface area contributed by atoms with Gasteiger partial charge in [0.2, 0.25) is 0 Å². The molecular weight excluding hydrogens is 324 g/mol. The largest absolute Gasteiger partial charge is 0.494 e. The van der Waals surface area contributed by atoms with Gasteiger partial charge in [0, 0.05) is 24.2 Å². The van der Waals surface area contributed by atoms with E-state index in [0.29, 0.717) is 23.5 Å². The minimum Gasteiger partial charge on any atom is -0.494 e. The topological polar surface area (TPSA) is 102 Å². The molecule has 0 saturated carbocycles. The van der Waals surface area contributed by atoms with Gasteiger partial charge in [-0.05, 0) is 48.4 Å². The number of non-ortho nitro benzene ring substituents is 1. The normalized spacial score (nSPS) is 11.6. The highest BCUT2D eigenvalue weighted by Gasteiger charge is 2.13. The van der Waals surface area contributed by atoms with Crippen molar-refractivity contribution in [3.8, 4) is 5.75 Å². The van der Waals surface area contributed by atoms with Gasteiger partial charge in [-0.2, -0.15) is 0 Å². The van der Waals surface area contributed by atoms with Crippen molar-refractivity contribution in [1.82, 2.24) is 5.32 Å². The van der Waals surface area contributed by atoms with Crippen LogP contribution in [0, 0.1) is 10.1 Å². The van der Waals surface area contributed by atoms with E-state index in [1.807, 2.05) is 6.92 Å². The number of nitro groups is 1. The van der Waals surface area contributed by atoms with Crippen molar-refractivity contribution >= 4 is 11.6 Å². The van der Waals surface area contributed by atoms with E-state index in [1.165, 1.54) is 24.3 Å². The summed E-state index contributed by atoms with van der Waals surface area (Å²) in [5, 5.41) is 23.3. The Kier molecular flexibility index (Phi) is 6.47. The molecule has 1 atom stereocenters. The average molecular weight is 344 g/mol. The van der Waals surface area contributed by atoms with E-state index in [0.717, 1.165) is 6.42 Å². The number of nitro benzene ring substituents is 1. The van der Waals surface area contributed by atoms with Crippen LogP contribution in [-0.4, -0.2) is 29.1 Å². The average Bonchev–Trinajstić information content (AvgIpc) is 2.64. The van der Waals surface area contributed by atoms with Gasteiger partial charge < -0.3 is 15.2 Å². The molecule has 0 aliphatic heterocycles. The van der Waals surface area contributed by atoms with Gasteiger partial charge in [0.1, 0.15) is 5.75 Å². The van der Waals surface area contributed by atoms with Crippen molar-refractivity contribution in [2.45, 2.75) is 19.4 Å². The third kappa shape index (κ3) is 5.29. The van der Waals surface area contributed by atoms with E-state index >= 15 is 0 Å². The Morgan fingerprint density at radius 2 is 1.84 bits per heavy atom. The van der Waals surface area contributed by atoms with Crippen LogP contribution in [0.3, 0.4) is 0 Å². The fourth-order valence-corrected chi connectivity index (χ4v) is 2.15. The van der Waals surface area contributed by atoms with Gasteiger partial charge in [0.05, 0.1) is 17.6 Å². The highest BCUT2D eigenvalue weighted by molar-refractivity contribution is 5.94. The lowest BCUT2D eigenvalue weighted by Crippen LogP contribution is -2.28. The number of benzene rings is 2. The molecule has 0 unspecified atom stereocenters. The summed E-state index contributed by atoms with van der Waals surface area (Å²) in [6, 6.07) is 12.3. The number of hydrogen-bond acceptors (Lipinski definition) is 5. The van der Waals surface area contributed by atoms with E-state index in [9.17, 15) is 20.0 Å². The molecule has 0 heterocycles. The van der Waals surface area contributed by atoms with Crippen LogP contribution in [-0.2, 0) is 0 Å². The first kappa shape index (κ1) is 18.4. The van der Waals surface area contributed by atoms with Crippen molar-refractivity contribution in [1.29, 1.82) is 0 Å². The summed E-state index contributed by atoms with van der Waals surface area (Å²) in [7, 11) is 0. The number of nitrogens with zero attached hydrogens (tertiary/aromatic N) is 1. The molecule has 0 radical (unpaired) electrons. The second-order valence-electron chi connectivity index (χ2n) is 5.45. The number of nitrogens with one attached hydrogen (secondary N) is 1. The molecule has 0 fully saturated rings. The number of amides is 1. The van der Waals surface area contributed by atoms with Gasteiger partial charge in [-0.25, -0.2) is 0 Å². The van der Waals surface area contributed by atoms with E-state index in [1.54, 1.807) is 24.3 Å². The number of aliphatic hydroxyl groups is 1. The fraction of sp³-hybridized carbons (Fsp3) is 0.278. The lowest BCUT2D eigenvalue weighted by atomic mass is 10.1. The molecule has 2 aromatic carbocycles. The predicted molar refractivity (Wildman–Crippen MR) is 92.6 cm³/mol. The molecule has 7 nitrogen and oxygen atoms in total. The summed E-state index contributed by atoms with van der Waals surface area (Å²) in [4.78, 5) is 22.2. The molecule has 0 saturated heterocycles. The second-order valence-corrected chi connectivity index (χ2v) is 5.45. The zero-order valence-electron chi connectivity index (χ0n) is 13.8. The summed E-state index contributed by atoms with van der Waals surface area (Å²) in [5.41, 5.74) is 0.902. The van der Waals surface area contributed by atoms with Gasteiger partial charge in [-0.1, -0.05) is 6.92 Å². The fourth-order valence-electron chi connectivity index (χ4n) is 2.15. The first-order valence-corrected chi connectivity index (χ1v) is 7.94. The first-order chi connectivity index (χ1) is 12.0. The molecule has 0 aliphatic carbocycles. The predicted octanol–water partition coefficient (Wildman–Crippen LogP) is 2.85. The quantitative estimate of drug-likeness (QED) is 0.566. The molecule has 2 N–H and O–H groups in total. The second kappa shape index (κ2) is 8.79. The number of hydrogen-bond donors (Lipinski definition) is 2. The zero-order chi connectivity index (χ0) is 18.2. The standard InChI is InChI=1S/C18H20N2O5/c1-2-11-25-16-9-5-14(6-10-16)18(22)19-12-17(21)13-3-7-15(8-4-13)20(23)24/h3-10,17,21H,2,11-12H2,1H3,(H,19,22)/t17-/m1/s1. The Labute approximate surface area is 145 Å². The van der Waals surface area contributed by atoms with Crippen molar-refractivity contribution in [3.05, 3.63) is 69.8 Å². The molecule has 2 rings (SSSR count). The molecule has 0 aliphatic rings. The van der Waals surface area contributed by atoms with Crippen LogP contribution in [0.5, 0.6) is 5.75 Å². The number of rotatable bonds is 8. The van der Waals surface area contributed by atoms with Crippen LogP contribution in [0.15, 0.2) is 48.5 Å². The van der Waals surface area contributed by atoms with Crippen LogP contribution in [0.4, 0.5) is 5.69 Å². The number of carbonyl (C=O) groups excluding carboxylic acids is 1. The molecule has 0 spiro atoms. The van der Waals surface area contributed by atoms with Crippen LogP contribution >= 0.6 is 0 Å². The monoisotopic (exact) mass is 344 g/mol. The van der Waals surface area contributed by atoms with E-state index in [-0.39, 0.29) is 18.1 Å². The lowest BCUT2D eigenvalue weighted by molar-refractivity contribution is -0.384. The Morgan fingerprint density at radius 1 is 1.20 bits per heavy atom. The molecule has 0 bridgehead atoms. The van der Waals surface area contributed by atoms with Crippen molar-refractivity contribution in [3.63, 3.8) is 0 Å². The number of ether oxygens (including phenoxy) is 1. The van der Waals surface area contributed by atoms with E-state index < -0.39 is 11.0 Å². The molecule has 2 aromatic rings. The summed E-state index contributed by atoms with van der Waals surface area (Å²) in [5.74, 6) is 0.382. The van der Waals surface area contributed by atoms with E-state index in [4.69, 9.17) is 4.74 Å². The van der Waals surface area contributed by atoms with Crippen LogP contribution in [0.25, 0.3) is 0 Å². The van der Waals surface area contributed by atoms with Gasteiger partial charge in [0.25, 0.3) is 11.6 Å². The Bertz CT molecular complexity index is 713. The molecule has 1 amide bonds. The Balaban J connectivity index is 1.89. The minimum absolute atomic E-state index is 0.00469. The van der Waals surface area contributed by atoms with E-state index in [2.05, 4.69) is 5.32 Å². The summed E-state index contributed by atoms with van der Waals surface area (Å²) < 4.78 is 5.45. The third-order valence-electron chi connectivity index (χ3n) is 3.53. The zero-order valence-corrected chi connectivity index (χ0v) is 13.8. The van der Waals surface area contributed by atoms with Gasteiger partial charge >= 0.3 is 0 Å². The molecule has 25 heavy (non-hydrogen) atoms. The number of aliphatic hydroxyl groups excluding tert-OH is 1. The SMILES string of the molecule is CCCOc1ccc(C(=O)NC[C@@H](O)c2ccc([N+](=O)[O-])cc2)cc1. The molecule has 7 heteroatoms. The van der Waals surface area contributed by atoms with Gasteiger partial charge in [0.15, 0.2) is 0 Å². The molecular formula is C18H20N2O5. The van der Waals surface area contributed by atoms with Crippen LogP contribution in [0.2, 0.25) is 0 Å². The van der Waals surface area contributed by atoms with Crippen LogP contribution in [0.1, 0.15) is 35.4 Å². The maximum absolute atomic E-state index is 12.1. The maximum Gasteiger partial charge on any atom is 0.269 e. The van der Waals surface area contributed by atoms with Crippen molar-refractivity contribution in [2.75, 3.05) is 13.2 Å². The summed E-state index contributed by atoms with van der Waals surface area (Å²) >= 11 is 0. The summed E-state index contributed by atoms with van der Waals surface area (Å²) in [6.07, 6.45) is -0.0418. The van der Waals surface area contributed by atoms with Gasteiger partial charge in [-0.15, -0.1) is 0 Å². The Morgan fingerprint density at radius 3 is 2.40 bits per heavy atom. The lowest BCUT2D eigenvalue weighted by Gasteiger charge is -2.12. The minimum atomic E-state index is -0.947. The smallest absolute Gasteiger partial charge is 0.269 e. The van der Waals surface area contributed by atoms with Crippen molar-refractivity contribution in [2.24, 2.45) is 0 Å². The van der Waals surface area contributed by atoms with Gasteiger partial charge in [-0.3, -0.25) is 14.9 Å². The third-order valence-corrected chi connectivity index (χ3v) is 3.53. The molecule has 0 aromatic heterocycles. The summed E-state index contributed by atoms with van der Waals surface area (Å²) in [6.45, 7) is 2.63. The Hall–Kier alpha value is -2.93. The highest BCUT2D eigenvalue weighted by Crippen LogP contribution is 2.17. The van der Waals surface area contributed by atoms with Crippen molar-refractivity contribution < 1.29 is 19.6 Å². The molecule has 132 valence electrons. The van der Waals surface area contributed by atoms with Crippen LogP contribution < -0.4 is 10.1 Å². The first-order valence-electron chi connectivity index (χ1n) is 7.94. The number of carbonyl (C=O) groups is 1.